The zero-order chi connectivity index (χ0) is 18.5. The largest absolute Gasteiger partial charge is 0.493 e. The van der Waals surface area contributed by atoms with Crippen LogP contribution in [0.25, 0.3) is 0 Å². The summed E-state index contributed by atoms with van der Waals surface area (Å²) in [5, 5.41) is 13.1. The van der Waals surface area contributed by atoms with Crippen molar-refractivity contribution in [3.05, 3.63) is 23.8 Å². The quantitative estimate of drug-likeness (QED) is 0.810. The van der Waals surface area contributed by atoms with Gasteiger partial charge in [0.2, 0.25) is 5.91 Å². The molecule has 0 unspecified atom stereocenters. The van der Waals surface area contributed by atoms with E-state index in [0.29, 0.717) is 24.7 Å². The number of benzene rings is 1. The van der Waals surface area contributed by atoms with Gasteiger partial charge in [0.1, 0.15) is 6.10 Å². The Morgan fingerprint density at radius 1 is 1.27 bits per heavy atom. The summed E-state index contributed by atoms with van der Waals surface area (Å²) in [6.45, 7) is 2.55. The first-order valence-electron chi connectivity index (χ1n) is 9.15. The number of rotatable bonds is 5. The van der Waals surface area contributed by atoms with Crippen LogP contribution in [0.2, 0.25) is 0 Å². The monoisotopic (exact) mass is 364 g/mol. The Bertz CT molecular complexity index is 618. The number of ether oxygens (including phenoxy) is 3. The van der Waals surface area contributed by atoms with Gasteiger partial charge in [-0.3, -0.25) is 4.79 Å². The van der Waals surface area contributed by atoms with Crippen LogP contribution < -0.4 is 14.8 Å². The molecule has 2 heterocycles. The molecular weight excluding hydrogens is 336 g/mol. The van der Waals surface area contributed by atoms with Crippen LogP contribution in [0.1, 0.15) is 24.4 Å². The predicted molar refractivity (Wildman–Crippen MR) is 96.4 cm³/mol. The van der Waals surface area contributed by atoms with Gasteiger partial charge < -0.3 is 29.5 Å². The third kappa shape index (κ3) is 3.79. The van der Waals surface area contributed by atoms with Crippen LogP contribution in [0.3, 0.4) is 0 Å². The minimum absolute atomic E-state index is 0.0244. The van der Waals surface area contributed by atoms with E-state index in [1.54, 1.807) is 14.2 Å². The molecule has 2 atom stereocenters. The molecule has 1 amide bonds. The first-order chi connectivity index (χ1) is 12.7. The summed E-state index contributed by atoms with van der Waals surface area (Å²) in [5.74, 6) is 1.40. The number of methoxy groups -OCH3 is 2. The van der Waals surface area contributed by atoms with Crippen LogP contribution >= 0.6 is 0 Å². The summed E-state index contributed by atoms with van der Waals surface area (Å²) in [6, 6.07) is 5.26. The number of carbonyl (C=O) groups is 1. The molecule has 0 radical (unpaired) electrons. The second kappa shape index (κ2) is 8.70. The Balaban J connectivity index is 1.91. The van der Waals surface area contributed by atoms with Gasteiger partial charge in [0, 0.05) is 12.5 Å². The van der Waals surface area contributed by atoms with Crippen molar-refractivity contribution in [1.82, 2.24) is 10.2 Å². The molecule has 2 aliphatic rings. The van der Waals surface area contributed by atoms with Crippen molar-refractivity contribution in [1.29, 1.82) is 0 Å². The minimum Gasteiger partial charge on any atom is -0.493 e. The molecule has 2 fully saturated rings. The fourth-order valence-corrected chi connectivity index (χ4v) is 3.87. The maximum Gasteiger partial charge on any atom is 0.226 e. The predicted octanol–water partition coefficient (Wildman–Crippen LogP) is 0.964. The molecule has 144 valence electrons. The van der Waals surface area contributed by atoms with Gasteiger partial charge in [-0.2, -0.15) is 0 Å². The third-order valence-corrected chi connectivity index (χ3v) is 5.25. The summed E-state index contributed by atoms with van der Waals surface area (Å²) < 4.78 is 16.5. The number of nitrogens with one attached hydrogen (secondary N) is 1. The SMILES string of the molecule is COc1ccc([C@@H]2[C@@H](CO)OCCN2C(=O)C2CCNCC2)cc1OC. The first kappa shape index (κ1) is 18.9. The van der Waals surface area contributed by atoms with Crippen molar-refractivity contribution in [2.45, 2.75) is 25.0 Å². The Kier molecular flexibility index (Phi) is 6.34. The van der Waals surface area contributed by atoms with E-state index in [2.05, 4.69) is 5.32 Å². The number of hydrogen-bond acceptors (Lipinski definition) is 6. The van der Waals surface area contributed by atoms with Gasteiger partial charge in [-0.25, -0.2) is 0 Å². The second-order valence-corrected chi connectivity index (χ2v) is 6.71. The fraction of sp³-hybridized carbons (Fsp3) is 0.632. The highest BCUT2D eigenvalue weighted by molar-refractivity contribution is 5.79. The lowest BCUT2D eigenvalue weighted by molar-refractivity contribution is -0.154. The Morgan fingerprint density at radius 2 is 2.00 bits per heavy atom. The number of aliphatic hydroxyl groups is 1. The number of hydrogen-bond donors (Lipinski definition) is 2. The Labute approximate surface area is 154 Å². The van der Waals surface area contributed by atoms with Crippen LogP contribution in [0.4, 0.5) is 0 Å². The second-order valence-electron chi connectivity index (χ2n) is 6.71. The van der Waals surface area contributed by atoms with Crippen molar-refractivity contribution in [2.75, 3.05) is 47.1 Å². The number of aliphatic hydroxyl groups excluding tert-OH is 1. The van der Waals surface area contributed by atoms with Crippen LogP contribution in [-0.2, 0) is 9.53 Å². The summed E-state index contributed by atoms with van der Waals surface area (Å²) in [6.07, 6.45) is 1.24. The molecule has 2 saturated heterocycles. The highest BCUT2D eigenvalue weighted by atomic mass is 16.5. The Hall–Kier alpha value is -1.83. The summed E-state index contributed by atoms with van der Waals surface area (Å²) in [7, 11) is 3.17. The molecule has 0 aromatic heterocycles. The maximum atomic E-state index is 13.2. The van der Waals surface area contributed by atoms with E-state index in [4.69, 9.17) is 14.2 Å². The molecule has 2 N–H and O–H groups in total. The zero-order valence-electron chi connectivity index (χ0n) is 15.4. The van der Waals surface area contributed by atoms with Gasteiger partial charge in [-0.15, -0.1) is 0 Å². The highest BCUT2D eigenvalue weighted by Gasteiger charge is 2.39. The molecule has 7 nitrogen and oxygen atoms in total. The maximum absolute atomic E-state index is 13.2. The molecule has 0 aliphatic carbocycles. The third-order valence-electron chi connectivity index (χ3n) is 5.25. The molecule has 7 heteroatoms. The highest BCUT2D eigenvalue weighted by Crippen LogP contribution is 2.36. The molecule has 1 aromatic rings. The van der Waals surface area contributed by atoms with Crippen molar-refractivity contribution in [3.8, 4) is 11.5 Å². The van der Waals surface area contributed by atoms with Gasteiger partial charge >= 0.3 is 0 Å². The van der Waals surface area contributed by atoms with Crippen molar-refractivity contribution in [3.63, 3.8) is 0 Å². The van der Waals surface area contributed by atoms with Crippen molar-refractivity contribution >= 4 is 5.91 Å². The van der Waals surface area contributed by atoms with Crippen LogP contribution in [0.15, 0.2) is 18.2 Å². The topological polar surface area (TPSA) is 80.3 Å². The number of amides is 1. The van der Waals surface area contributed by atoms with Gasteiger partial charge in [0.15, 0.2) is 11.5 Å². The van der Waals surface area contributed by atoms with E-state index in [9.17, 15) is 9.90 Å². The summed E-state index contributed by atoms with van der Waals surface area (Å²) in [4.78, 5) is 15.1. The van der Waals surface area contributed by atoms with E-state index in [-0.39, 0.29) is 24.5 Å². The number of carbonyl (C=O) groups excluding carboxylic acids is 1. The number of piperidine rings is 1. The molecule has 2 aliphatic heterocycles. The number of morpholine rings is 1. The molecule has 3 rings (SSSR count). The lowest BCUT2D eigenvalue weighted by atomic mass is 9.92. The molecule has 0 bridgehead atoms. The fourth-order valence-electron chi connectivity index (χ4n) is 3.87. The van der Waals surface area contributed by atoms with E-state index >= 15 is 0 Å². The Morgan fingerprint density at radius 3 is 2.65 bits per heavy atom. The van der Waals surface area contributed by atoms with Crippen molar-refractivity contribution in [2.24, 2.45) is 5.92 Å². The van der Waals surface area contributed by atoms with E-state index < -0.39 is 6.10 Å². The average molecular weight is 364 g/mol. The van der Waals surface area contributed by atoms with Crippen LogP contribution in [-0.4, -0.2) is 69.1 Å². The van der Waals surface area contributed by atoms with E-state index in [1.807, 2.05) is 23.1 Å². The van der Waals surface area contributed by atoms with E-state index in [1.165, 1.54) is 0 Å². The average Bonchev–Trinajstić information content (AvgIpc) is 2.72. The molecular formula is C19H28N2O5. The smallest absolute Gasteiger partial charge is 0.226 e. The lowest BCUT2D eigenvalue weighted by Gasteiger charge is -2.43. The summed E-state index contributed by atoms with van der Waals surface area (Å²) in [5.41, 5.74) is 0.878. The lowest BCUT2D eigenvalue weighted by Crippen LogP contribution is -2.52. The minimum atomic E-state index is -0.451. The molecule has 0 saturated carbocycles. The molecule has 26 heavy (non-hydrogen) atoms. The van der Waals surface area contributed by atoms with Gasteiger partial charge in [0.25, 0.3) is 0 Å². The number of nitrogens with zero attached hydrogens (tertiary/aromatic N) is 1. The normalized spacial score (nSPS) is 24.3. The summed E-state index contributed by atoms with van der Waals surface area (Å²) >= 11 is 0. The molecule has 1 aromatic carbocycles. The van der Waals surface area contributed by atoms with Crippen molar-refractivity contribution < 1.29 is 24.1 Å². The van der Waals surface area contributed by atoms with Gasteiger partial charge in [-0.05, 0) is 43.6 Å². The van der Waals surface area contributed by atoms with Gasteiger partial charge in [-0.1, -0.05) is 6.07 Å². The standard InChI is InChI=1S/C19H28N2O5/c1-24-15-4-3-14(11-16(15)25-2)18-17(12-22)26-10-9-21(18)19(23)13-5-7-20-8-6-13/h3-4,11,13,17-18,20,22H,5-10,12H2,1-2H3/t17-,18-/m1/s1. The zero-order valence-corrected chi connectivity index (χ0v) is 15.4. The van der Waals surface area contributed by atoms with Crippen LogP contribution in [0, 0.1) is 5.92 Å². The molecule has 0 spiro atoms. The van der Waals surface area contributed by atoms with Crippen LogP contribution in [0.5, 0.6) is 11.5 Å². The first-order valence-corrected chi connectivity index (χ1v) is 9.15. The van der Waals surface area contributed by atoms with E-state index in [0.717, 1.165) is 31.5 Å². The van der Waals surface area contributed by atoms with Gasteiger partial charge in [0.05, 0.1) is 33.5 Å².